The maximum Gasteiger partial charge on any atom is 0.362 e. The van der Waals surface area contributed by atoms with Gasteiger partial charge in [0.05, 0.1) is 34.4 Å². The summed E-state index contributed by atoms with van der Waals surface area (Å²) in [5, 5.41) is 9.62. The largest absolute Gasteiger partial charge is 0.477 e. The summed E-state index contributed by atoms with van der Waals surface area (Å²) in [6, 6.07) is -0.618. The van der Waals surface area contributed by atoms with E-state index in [0.717, 1.165) is 77.0 Å². The third-order valence-electron chi connectivity index (χ3n) is 9.70. The Bertz CT molecular complexity index is 1040. The highest BCUT2D eigenvalue weighted by atomic mass is 16.6. The van der Waals surface area contributed by atoms with Crippen LogP contribution in [0.5, 0.6) is 0 Å². The van der Waals surface area contributed by atoms with Gasteiger partial charge in [-0.15, -0.1) is 0 Å². The fourth-order valence-corrected chi connectivity index (χ4v) is 6.20. The molecule has 1 N–H and O–H groups in total. The average Bonchev–Trinajstić information content (AvgIpc) is 3.14. The molecule has 318 valence electrons. The molecule has 0 aliphatic rings. The van der Waals surface area contributed by atoms with Crippen LogP contribution < -0.4 is 0 Å². The zero-order chi connectivity index (χ0) is 40.7. The molecule has 0 saturated heterocycles. The van der Waals surface area contributed by atoms with Gasteiger partial charge < -0.3 is 23.8 Å². The van der Waals surface area contributed by atoms with E-state index in [1.807, 2.05) is 21.1 Å². The fraction of sp³-hybridized carbons (Fsp3) is 0.766. The Hall–Kier alpha value is -2.71. The summed E-state index contributed by atoms with van der Waals surface area (Å²) in [6.45, 7) is 4.64. The summed E-state index contributed by atoms with van der Waals surface area (Å²) in [6.07, 6.45) is 44.3. The Balaban J connectivity index is 4.38. The van der Waals surface area contributed by atoms with Crippen molar-refractivity contribution in [3.05, 3.63) is 48.6 Å². The van der Waals surface area contributed by atoms with E-state index in [4.69, 9.17) is 14.2 Å². The second-order valence-electron chi connectivity index (χ2n) is 15.9. The number of nitrogens with zero attached hydrogens (tertiary/aromatic N) is 1. The summed E-state index contributed by atoms with van der Waals surface area (Å²) in [5.74, 6) is -1.50. The number of likely N-dealkylation sites (N-methyl/N-ethyl adjacent to an activating group) is 1. The molecule has 55 heavy (non-hydrogen) atoms. The molecule has 0 spiro atoms. The smallest absolute Gasteiger partial charge is 0.362 e. The molecule has 0 fully saturated rings. The second kappa shape index (κ2) is 38.2. The van der Waals surface area contributed by atoms with E-state index in [1.165, 1.54) is 70.6 Å². The molecule has 0 amide bonds. The summed E-state index contributed by atoms with van der Waals surface area (Å²) < 4.78 is 17.3. The van der Waals surface area contributed by atoms with Gasteiger partial charge >= 0.3 is 17.9 Å². The van der Waals surface area contributed by atoms with Crippen molar-refractivity contribution in [2.75, 3.05) is 41.0 Å². The van der Waals surface area contributed by atoms with Crippen LogP contribution in [0.25, 0.3) is 0 Å². The van der Waals surface area contributed by atoms with Gasteiger partial charge in [0.25, 0.3) is 0 Å². The van der Waals surface area contributed by atoms with Crippen LogP contribution in [0.15, 0.2) is 48.6 Å². The van der Waals surface area contributed by atoms with Crippen LogP contribution >= 0.6 is 0 Å². The number of carbonyl (C=O) groups excluding carboxylic acids is 2. The van der Waals surface area contributed by atoms with Crippen molar-refractivity contribution in [3.63, 3.8) is 0 Å². The first-order valence-electron chi connectivity index (χ1n) is 22.2. The Labute approximate surface area is 337 Å². The summed E-state index contributed by atoms with van der Waals surface area (Å²) >= 11 is 0. The topological polar surface area (TPSA) is 99.1 Å². The van der Waals surface area contributed by atoms with Gasteiger partial charge in [-0.05, 0) is 70.6 Å². The molecule has 2 unspecified atom stereocenters. The number of rotatable bonds is 39. The molecular formula is C47H84NO7+. The van der Waals surface area contributed by atoms with E-state index < -0.39 is 18.1 Å². The van der Waals surface area contributed by atoms with Crippen molar-refractivity contribution in [1.82, 2.24) is 0 Å². The molecular weight excluding hydrogens is 691 g/mol. The van der Waals surface area contributed by atoms with Gasteiger partial charge in [0.15, 0.2) is 12.1 Å². The normalized spacial score (nSPS) is 13.4. The molecule has 2 atom stereocenters. The third-order valence-corrected chi connectivity index (χ3v) is 9.70. The van der Waals surface area contributed by atoms with Crippen LogP contribution in [-0.2, 0) is 28.6 Å². The number of carboxylic acids is 1. The number of esters is 2. The highest BCUT2D eigenvalue weighted by molar-refractivity contribution is 5.72. The maximum absolute atomic E-state index is 12.7. The number of hydrogen-bond donors (Lipinski definition) is 1. The minimum absolute atomic E-state index is 0.0526. The van der Waals surface area contributed by atoms with Crippen LogP contribution in [0.1, 0.15) is 181 Å². The van der Waals surface area contributed by atoms with Crippen LogP contribution in [0.2, 0.25) is 0 Å². The first-order chi connectivity index (χ1) is 26.6. The molecule has 8 heteroatoms. The van der Waals surface area contributed by atoms with Gasteiger partial charge in [0, 0.05) is 19.3 Å². The van der Waals surface area contributed by atoms with E-state index in [0.29, 0.717) is 19.3 Å². The Morgan fingerprint density at radius 3 is 1.45 bits per heavy atom. The van der Waals surface area contributed by atoms with Gasteiger partial charge in [-0.3, -0.25) is 9.59 Å². The van der Waals surface area contributed by atoms with E-state index in [2.05, 4.69) is 62.5 Å². The highest BCUT2D eigenvalue weighted by Crippen LogP contribution is 2.13. The van der Waals surface area contributed by atoms with E-state index >= 15 is 0 Å². The van der Waals surface area contributed by atoms with Gasteiger partial charge in [-0.2, -0.15) is 0 Å². The summed E-state index contributed by atoms with van der Waals surface area (Å²) in [4.78, 5) is 37.0. The van der Waals surface area contributed by atoms with Crippen molar-refractivity contribution in [2.45, 2.75) is 193 Å². The van der Waals surface area contributed by atoms with Crippen LogP contribution in [0.3, 0.4) is 0 Å². The molecule has 0 rings (SSSR count). The predicted molar refractivity (Wildman–Crippen MR) is 229 cm³/mol. The second-order valence-corrected chi connectivity index (χ2v) is 15.9. The number of allylic oxidation sites excluding steroid dienone is 8. The van der Waals surface area contributed by atoms with Crippen molar-refractivity contribution >= 4 is 17.9 Å². The first-order valence-corrected chi connectivity index (χ1v) is 22.2. The molecule has 0 aliphatic carbocycles. The number of carbonyl (C=O) groups is 3. The van der Waals surface area contributed by atoms with Crippen molar-refractivity contribution in [1.29, 1.82) is 0 Å². The minimum atomic E-state index is -0.880. The lowest BCUT2D eigenvalue weighted by molar-refractivity contribution is -0.887. The number of carboxylic acid groups (broad SMARTS) is 1. The van der Waals surface area contributed by atoms with E-state index in [9.17, 15) is 19.5 Å². The monoisotopic (exact) mass is 775 g/mol. The number of aliphatic carboxylic acids is 1. The van der Waals surface area contributed by atoms with Crippen LogP contribution in [-0.4, -0.2) is 80.6 Å². The van der Waals surface area contributed by atoms with E-state index in [1.54, 1.807) is 0 Å². The number of ether oxygens (including phenoxy) is 3. The standard InChI is InChI=1S/C47H83NO7/c1-6-8-10-12-14-16-18-20-22-23-24-26-28-30-32-34-36-38-46(50)55-43(41-53-40-39-44(47(51)52)48(3,4)5)42-54-45(49)37-35-33-31-29-27-25-21-19-17-15-13-11-9-7-2/h13-16,19-22,43-44H,6-12,17-18,23-42H2,1-5H3/p+1/b15-13-,16-14-,21-19-,22-20-. The Morgan fingerprint density at radius 1 is 0.545 bits per heavy atom. The molecule has 0 saturated carbocycles. The fourth-order valence-electron chi connectivity index (χ4n) is 6.20. The third kappa shape index (κ3) is 36.7. The van der Waals surface area contributed by atoms with Gasteiger partial charge in [-0.25, -0.2) is 4.79 Å². The predicted octanol–water partition coefficient (Wildman–Crippen LogP) is 12.0. The molecule has 0 aromatic rings. The Kier molecular flexibility index (Phi) is 36.3. The number of hydrogen-bond acceptors (Lipinski definition) is 6. The molecule has 0 bridgehead atoms. The number of unbranched alkanes of at least 4 members (excludes halogenated alkanes) is 17. The molecule has 0 aromatic carbocycles. The zero-order valence-electron chi connectivity index (χ0n) is 36.1. The molecule has 0 aromatic heterocycles. The molecule has 0 aliphatic heterocycles. The zero-order valence-corrected chi connectivity index (χ0v) is 36.1. The SMILES string of the molecule is CCCC/C=C\C/C=C\CCCCCCCC(=O)OCC(COCCC(C(=O)O)[N+](C)(C)C)OC(=O)CCCCCCCCC/C=C\C/C=C\CCCCC. The van der Waals surface area contributed by atoms with Crippen LogP contribution in [0, 0.1) is 0 Å². The lowest BCUT2D eigenvalue weighted by Gasteiger charge is -2.31. The molecule has 0 heterocycles. The Morgan fingerprint density at radius 2 is 0.982 bits per heavy atom. The number of quaternary nitrogens is 1. The van der Waals surface area contributed by atoms with Crippen molar-refractivity contribution in [3.8, 4) is 0 Å². The van der Waals surface area contributed by atoms with Gasteiger partial charge in [0.2, 0.25) is 0 Å². The average molecular weight is 775 g/mol. The molecule has 0 radical (unpaired) electrons. The molecule has 8 nitrogen and oxygen atoms in total. The van der Waals surface area contributed by atoms with E-state index in [-0.39, 0.29) is 36.2 Å². The van der Waals surface area contributed by atoms with Gasteiger partial charge in [0.1, 0.15) is 6.61 Å². The maximum atomic E-state index is 12.7. The summed E-state index contributed by atoms with van der Waals surface area (Å²) in [7, 11) is 5.52. The quantitative estimate of drug-likeness (QED) is 0.0287. The lowest BCUT2D eigenvalue weighted by Crippen LogP contribution is -2.50. The lowest BCUT2D eigenvalue weighted by atomic mass is 10.1. The summed E-state index contributed by atoms with van der Waals surface area (Å²) in [5.41, 5.74) is 0. The van der Waals surface area contributed by atoms with Crippen molar-refractivity contribution < 1.29 is 38.2 Å². The van der Waals surface area contributed by atoms with Crippen molar-refractivity contribution in [2.24, 2.45) is 0 Å². The van der Waals surface area contributed by atoms with Gasteiger partial charge in [-0.1, -0.05) is 140 Å². The minimum Gasteiger partial charge on any atom is -0.477 e. The first kappa shape index (κ1) is 52.3. The highest BCUT2D eigenvalue weighted by Gasteiger charge is 2.31. The van der Waals surface area contributed by atoms with Crippen LogP contribution in [0.4, 0.5) is 0 Å².